The van der Waals surface area contributed by atoms with E-state index in [1.54, 1.807) is 11.0 Å². The summed E-state index contributed by atoms with van der Waals surface area (Å²) in [4.78, 5) is 25.5. The summed E-state index contributed by atoms with van der Waals surface area (Å²) in [6, 6.07) is 14.3. The highest BCUT2D eigenvalue weighted by atomic mass is 79.9. The number of carbonyl (C=O) groups excluding carboxylic acids is 1. The van der Waals surface area contributed by atoms with Crippen molar-refractivity contribution < 1.29 is 14.7 Å². The Morgan fingerprint density at radius 2 is 1.86 bits per heavy atom. The third-order valence-corrected chi connectivity index (χ3v) is 4.58. The molecular weight excluding hydrogens is 346 g/mol. The van der Waals surface area contributed by atoms with E-state index in [4.69, 9.17) is 0 Å². The van der Waals surface area contributed by atoms with Crippen LogP contribution in [0.25, 0.3) is 0 Å². The Morgan fingerprint density at radius 1 is 1.18 bits per heavy atom. The molecule has 1 N–H and O–H groups in total. The quantitative estimate of drug-likeness (QED) is 0.906. The average molecular weight is 360 g/mol. The van der Waals surface area contributed by atoms with E-state index >= 15 is 0 Å². The van der Waals surface area contributed by atoms with E-state index in [1.165, 1.54) is 0 Å². The average Bonchev–Trinajstić information content (AvgIpc) is 2.83. The first-order chi connectivity index (χ1) is 10.6. The lowest BCUT2D eigenvalue weighted by atomic mass is 10.0. The van der Waals surface area contributed by atoms with Gasteiger partial charge in [-0.3, -0.25) is 9.59 Å². The van der Waals surface area contributed by atoms with Crippen molar-refractivity contribution in [1.29, 1.82) is 0 Å². The van der Waals surface area contributed by atoms with Gasteiger partial charge in [-0.1, -0.05) is 52.3 Å². The van der Waals surface area contributed by atoms with Gasteiger partial charge in [-0.25, -0.2) is 0 Å². The lowest BCUT2D eigenvalue weighted by Gasteiger charge is -2.27. The van der Waals surface area contributed by atoms with Crippen LogP contribution < -0.4 is 0 Å². The van der Waals surface area contributed by atoms with Gasteiger partial charge in [-0.2, -0.15) is 0 Å². The summed E-state index contributed by atoms with van der Waals surface area (Å²) >= 11 is 3.46. The number of nitrogens with zero attached hydrogens (tertiary/aromatic N) is 1. The predicted octanol–water partition coefficient (Wildman–Crippen LogP) is 3.62. The second-order valence-electron chi connectivity index (χ2n) is 5.23. The van der Waals surface area contributed by atoms with E-state index < -0.39 is 12.0 Å². The molecule has 1 aliphatic heterocycles. The van der Waals surface area contributed by atoms with Crippen molar-refractivity contribution in [2.45, 2.75) is 19.0 Å². The molecule has 0 fully saturated rings. The van der Waals surface area contributed by atoms with Gasteiger partial charge in [0.1, 0.15) is 0 Å². The van der Waals surface area contributed by atoms with Crippen LogP contribution in [0.4, 0.5) is 0 Å². The molecule has 4 nitrogen and oxygen atoms in total. The Bertz CT molecular complexity index is 744. The second kappa shape index (κ2) is 5.93. The number of carboxylic acid groups (broad SMARTS) is 1. The van der Waals surface area contributed by atoms with Gasteiger partial charge in [-0.05, 0) is 23.3 Å². The van der Waals surface area contributed by atoms with Crippen molar-refractivity contribution in [3.8, 4) is 0 Å². The highest BCUT2D eigenvalue weighted by Gasteiger charge is 2.35. The normalized spacial score (nSPS) is 14.8. The van der Waals surface area contributed by atoms with Gasteiger partial charge in [0.2, 0.25) is 0 Å². The maximum Gasteiger partial charge on any atom is 0.305 e. The van der Waals surface area contributed by atoms with Crippen LogP contribution in [0.1, 0.15) is 33.9 Å². The van der Waals surface area contributed by atoms with E-state index in [0.717, 1.165) is 15.6 Å². The first-order valence-corrected chi connectivity index (χ1v) is 7.72. The van der Waals surface area contributed by atoms with Gasteiger partial charge in [0.05, 0.1) is 12.5 Å². The number of fused-ring (bicyclic) bond motifs is 1. The van der Waals surface area contributed by atoms with E-state index in [-0.39, 0.29) is 12.3 Å². The summed E-state index contributed by atoms with van der Waals surface area (Å²) in [5.41, 5.74) is 2.41. The molecule has 3 rings (SSSR count). The standard InChI is InChI=1S/C17H14BrNO3/c18-14-8-4-3-7-13(14)15(9-16(20)21)19-10-11-5-1-2-6-12(11)17(19)22/h1-8,15H,9-10H2,(H,20,21)/t15-/m1/s1. The molecule has 0 bridgehead atoms. The van der Waals surface area contributed by atoms with Crippen LogP contribution in [0.2, 0.25) is 0 Å². The minimum atomic E-state index is -0.926. The van der Waals surface area contributed by atoms with Crippen molar-refractivity contribution in [3.05, 3.63) is 69.7 Å². The number of carboxylic acids is 1. The molecule has 0 unspecified atom stereocenters. The zero-order valence-corrected chi connectivity index (χ0v) is 13.3. The summed E-state index contributed by atoms with van der Waals surface area (Å²) in [6.07, 6.45) is -0.123. The van der Waals surface area contributed by atoms with Gasteiger partial charge in [0, 0.05) is 16.6 Å². The van der Waals surface area contributed by atoms with Crippen molar-refractivity contribution in [3.63, 3.8) is 0 Å². The van der Waals surface area contributed by atoms with E-state index in [2.05, 4.69) is 15.9 Å². The lowest BCUT2D eigenvalue weighted by Crippen LogP contribution is -2.31. The number of rotatable bonds is 4. The van der Waals surface area contributed by atoms with Crippen LogP contribution in [-0.2, 0) is 11.3 Å². The van der Waals surface area contributed by atoms with Crippen LogP contribution in [0, 0.1) is 0 Å². The smallest absolute Gasteiger partial charge is 0.305 e. The van der Waals surface area contributed by atoms with E-state index in [9.17, 15) is 14.7 Å². The van der Waals surface area contributed by atoms with Gasteiger partial charge in [0.25, 0.3) is 5.91 Å². The SMILES string of the molecule is O=C(O)C[C@H](c1ccccc1Br)N1Cc2ccccc2C1=O. The zero-order chi connectivity index (χ0) is 15.7. The Kier molecular flexibility index (Phi) is 3.98. The minimum absolute atomic E-state index is 0.113. The number of amides is 1. The number of hydrogen-bond donors (Lipinski definition) is 1. The second-order valence-corrected chi connectivity index (χ2v) is 6.08. The molecule has 1 amide bonds. The Balaban J connectivity index is 2.00. The van der Waals surface area contributed by atoms with Crippen molar-refractivity contribution in [1.82, 2.24) is 4.90 Å². The maximum absolute atomic E-state index is 12.6. The molecule has 5 heteroatoms. The number of benzene rings is 2. The van der Waals surface area contributed by atoms with Gasteiger partial charge < -0.3 is 10.0 Å². The third kappa shape index (κ3) is 2.64. The zero-order valence-electron chi connectivity index (χ0n) is 11.7. The van der Waals surface area contributed by atoms with Crippen LogP contribution in [0.3, 0.4) is 0 Å². The van der Waals surface area contributed by atoms with Gasteiger partial charge >= 0.3 is 5.97 Å². The fraction of sp³-hybridized carbons (Fsp3) is 0.176. The lowest BCUT2D eigenvalue weighted by molar-refractivity contribution is -0.138. The Hall–Kier alpha value is -2.14. The molecule has 0 saturated carbocycles. The highest BCUT2D eigenvalue weighted by molar-refractivity contribution is 9.10. The van der Waals surface area contributed by atoms with Crippen molar-refractivity contribution in [2.24, 2.45) is 0 Å². The number of aliphatic carboxylic acids is 1. The Morgan fingerprint density at radius 3 is 2.55 bits per heavy atom. The fourth-order valence-corrected chi connectivity index (χ4v) is 3.38. The molecule has 0 radical (unpaired) electrons. The summed E-state index contributed by atoms with van der Waals surface area (Å²) in [6.45, 7) is 0.439. The molecule has 0 aromatic heterocycles. The molecule has 0 aliphatic carbocycles. The molecule has 1 aliphatic rings. The number of halogens is 1. The van der Waals surface area contributed by atoms with Gasteiger partial charge in [0.15, 0.2) is 0 Å². The van der Waals surface area contributed by atoms with Crippen LogP contribution in [0.15, 0.2) is 53.0 Å². The van der Waals surface area contributed by atoms with Gasteiger partial charge in [-0.15, -0.1) is 0 Å². The molecular formula is C17H14BrNO3. The molecule has 2 aromatic rings. The maximum atomic E-state index is 12.6. The summed E-state index contributed by atoms with van der Waals surface area (Å²) in [5.74, 6) is -1.04. The van der Waals surface area contributed by atoms with E-state index in [1.807, 2.05) is 42.5 Å². The molecule has 0 spiro atoms. The molecule has 0 saturated heterocycles. The van der Waals surface area contributed by atoms with E-state index in [0.29, 0.717) is 12.1 Å². The van der Waals surface area contributed by atoms with Crippen LogP contribution in [-0.4, -0.2) is 21.9 Å². The molecule has 2 aromatic carbocycles. The summed E-state index contributed by atoms with van der Waals surface area (Å²) in [5, 5.41) is 9.25. The summed E-state index contributed by atoms with van der Waals surface area (Å²) in [7, 11) is 0. The molecule has 112 valence electrons. The third-order valence-electron chi connectivity index (χ3n) is 3.86. The topological polar surface area (TPSA) is 57.6 Å². The predicted molar refractivity (Wildman–Crippen MR) is 85.5 cm³/mol. The first kappa shape index (κ1) is 14.8. The molecule has 22 heavy (non-hydrogen) atoms. The molecule has 1 heterocycles. The monoisotopic (exact) mass is 359 g/mol. The Labute approximate surface area is 136 Å². The van der Waals surface area contributed by atoms with Crippen molar-refractivity contribution in [2.75, 3.05) is 0 Å². The molecule has 1 atom stereocenters. The fourth-order valence-electron chi connectivity index (χ4n) is 2.83. The highest BCUT2D eigenvalue weighted by Crippen LogP contribution is 2.36. The van der Waals surface area contributed by atoms with Crippen LogP contribution >= 0.6 is 15.9 Å². The largest absolute Gasteiger partial charge is 0.481 e. The number of carbonyl (C=O) groups is 2. The number of hydrogen-bond acceptors (Lipinski definition) is 2. The van der Waals surface area contributed by atoms with Crippen LogP contribution in [0.5, 0.6) is 0 Å². The first-order valence-electron chi connectivity index (χ1n) is 6.93. The minimum Gasteiger partial charge on any atom is -0.481 e. The van der Waals surface area contributed by atoms with Crippen molar-refractivity contribution >= 4 is 27.8 Å². The summed E-state index contributed by atoms with van der Waals surface area (Å²) < 4.78 is 0.810.